The van der Waals surface area contributed by atoms with Gasteiger partial charge in [-0.1, -0.05) is 12.8 Å². The number of pyridine rings is 1. The van der Waals surface area contributed by atoms with E-state index in [1.165, 1.54) is 4.57 Å². The van der Waals surface area contributed by atoms with Crippen LogP contribution in [0.2, 0.25) is 0 Å². The van der Waals surface area contributed by atoms with Gasteiger partial charge in [0, 0.05) is 31.4 Å². The predicted molar refractivity (Wildman–Crippen MR) is 89.7 cm³/mol. The van der Waals surface area contributed by atoms with E-state index in [0.29, 0.717) is 12.0 Å². The summed E-state index contributed by atoms with van der Waals surface area (Å²) in [5.41, 5.74) is 1.27. The molecule has 0 spiro atoms. The first kappa shape index (κ1) is 16.4. The molecule has 1 amide bonds. The largest absolute Gasteiger partial charge is 0.349 e. The number of aromatic amines is 1. The summed E-state index contributed by atoms with van der Waals surface area (Å²) in [5, 5.41) is 9.72. The lowest BCUT2D eigenvalue weighted by molar-refractivity contribution is 0.0904. The van der Waals surface area contributed by atoms with Crippen LogP contribution >= 0.6 is 0 Å². The van der Waals surface area contributed by atoms with Gasteiger partial charge in [-0.3, -0.25) is 14.3 Å². The van der Waals surface area contributed by atoms with Crippen LogP contribution < -0.4 is 11.0 Å². The van der Waals surface area contributed by atoms with Crippen LogP contribution in [-0.4, -0.2) is 31.7 Å². The number of nitrogens with one attached hydrogen (secondary N) is 2. The summed E-state index contributed by atoms with van der Waals surface area (Å²) in [4.78, 5) is 28.2. The number of aromatic nitrogens is 4. The molecule has 0 bridgehead atoms. The van der Waals surface area contributed by atoms with Crippen LogP contribution in [0.5, 0.6) is 0 Å². The molecule has 1 saturated carbocycles. The summed E-state index contributed by atoms with van der Waals surface area (Å²) in [6.45, 7) is 1.90. The predicted octanol–water partition coefficient (Wildman–Crippen LogP) is 1.34. The Morgan fingerprint density at radius 2 is 2.17 bits per heavy atom. The first-order valence-corrected chi connectivity index (χ1v) is 8.38. The minimum Gasteiger partial charge on any atom is -0.349 e. The maximum Gasteiger partial charge on any atom is 0.343 e. The summed E-state index contributed by atoms with van der Waals surface area (Å²) in [6.07, 6.45) is 6.52. The Kier molecular flexibility index (Phi) is 4.78. The van der Waals surface area contributed by atoms with Gasteiger partial charge in [-0.25, -0.2) is 9.89 Å². The molecule has 2 heterocycles. The number of aryl methyl sites for hydroxylation is 1. The van der Waals surface area contributed by atoms with Crippen molar-refractivity contribution in [1.82, 2.24) is 25.1 Å². The average molecular weight is 329 g/mol. The van der Waals surface area contributed by atoms with Gasteiger partial charge in [-0.05, 0) is 37.8 Å². The molecule has 1 fully saturated rings. The molecule has 1 aliphatic carbocycles. The molecule has 0 radical (unpaired) electrons. The Morgan fingerprint density at radius 1 is 1.38 bits per heavy atom. The standard InChI is InChI=1S/C17H23N5O2/c1-11-7-8-13(10-18-11)16(23)19-14-6-4-3-5-12(14)9-15-20-21-17(24)22(15)2/h7-8,10,12,14H,3-6,9H2,1-2H3,(H,19,23)(H,21,24)/t12-,14-/m1/s1. The molecule has 7 nitrogen and oxygen atoms in total. The molecule has 128 valence electrons. The summed E-state index contributed by atoms with van der Waals surface area (Å²) in [6, 6.07) is 3.74. The third-order valence-corrected chi connectivity index (χ3v) is 4.82. The van der Waals surface area contributed by atoms with E-state index >= 15 is 0 Å². The molecule has 24 heavy (non-hydrogen) atoms. The molecular weight excluding hydrogens is 306 g/mol. The van der Waals surface area contributed by atoms with Crippen LogP contribution in [0.1, 0.15) is 47.6 Å². The molecular formula is C17H23N5O2. The second-order valence-corrected chi connectivity index (χ2v) is 6.52. The second-order valence-electron chi connectivity index (χ2n) is 6.52. The smallest absolute Gasteiger partial charge is 0.343 e. The van der Waals surface area contributed by atoms with E-state index in [1.807, 2.05) is 13.0 Å². The highest BCUT2D eigenvalue weighted by Crippen LogP contribution is 2.27. The minimum absolute atomic E-state index is 0.0877. The Hall–Kier alpha value is -2.44. The quantitative estimate of drug-likeness (QED) is 0.885. The number of carbonyl (C=O) groups is 1. The molecule has 0 unspecified atom stereocenters. The van der Waals surface area contributed by atoms with E-state index in [2.05, 4.69) is 20.5 Å². The lowest BCUT2D eigenvalue weighted by Crippen LogP contribution is -2.43. The molecule has 2 aromatic rings. The van der Waals surface area contributed by atoms with Crippen molar-refractivity contribution in [2.75, 3.05) is 0 Å². The zero-order chi connectivity index (χ0) is 17.1. The SMILES string of the molecule is Cc1ccc(C(=O)N[C@@H]2CCCC[C@@H]2Cc2n[nH]c(=O)n2C)cn1. The van der Waals surface area contributed by atoms with Crippen LogP contribution in [0.4, 0.5) is 0 Å². The van der Waals surface area contributed by atoms with Gasteiger partial charge >= 0.3 is 5.69 Å². The second kappa shape index (κ2) is 6.98. The summed E-state index contributed by atoms with van der Waals surface area (Å²) >= 11 is 0. The van der Waals surface area contributed by atoms with Gasteiger partial charge in [0.2, 0.25) is 0 Å². The van der Waals surface area contributed by atoms with Gasteiger partial charge in [-0.2, -0.15) is 5.10 Å². The van der Waals surface area contributed by atoms with E-state index in [0.717, 1.165) is 37.2 Å². The molecule has 2 N–H and O–H groups in total. The van der Waals surface area contributed by atoms with Gasteiger partial charge in [0.1, 0.15) is 5.82 Å². The fraction of sp³-hybridized carbons (Fsp3) is 0.529. The molecule has 0 aromatic carbocycles. The molecule has 2 aromatic heterocycles. The Balaban J connectivity index is 1.70. The normalized spacial score (nSPS) is 20.8. The number of hydrogen-bond donors (Lipinski definition) is 2. The van der Waals surface area contributed by atoms with Crippen molar-refractivity contribution in [3.8, 4) is 0 Å². The summed E-state index contributed by atoms with van der Waals surface area (Å²) in [5.74, 6) is 0.938. The molecule has 1 aliphatic rings. The zero-order valence-corrected chi connectivity index (χ0v) is 14.1. The van der Waals surface area contributed by atoms with Crippen molar-refractivity contribution in [2.45, 2.75) is 45.1 Å². The van der Waals surface area contributed by atoms with E-state index in [9.17, 15) is 9.59 Å². The molecule has 3 rings (SSSR count). The average Bonchev–Trinajstić information content (AvgIpc) is 2.89. The van der Waals surface area contributed by atoms with Gasteiger partial charge in [0.25, 0.3) is 5.91 Å². The first-order chi connectivity index (χ1) is 11.5. The maximum atomic E-state index is 12.5. The molecule has 2 atom stereocenters. The Morgan fingerprint density at radius 3 is 2.83 bits per heavy atom. The summed E-state index contributed by atoms with van der Waals surface area (Å²) in [7, 11) is 1.72. The first-order valence-electron chi connectivity index (χ1n) is 8.38. The molecule has 0 saturated heterocycles. The van der Waals surface area contributed by atoms with Gasteiger partial charge in [0.05, 0.1) is 5.56 Å². The van der Waals surface area contributed by atoms with Gasteiger partial charge in [-0.15, -0.1) is 0 Å². The van der Waals surface area contributed by atoms with E-state index in [4.69, 9.17) is 0 Å². The van der Waals surface area contributed by atoms with Crippen molar-refractivity contribution in [3.63, 3.8) is 0 Å². The topological polar surface area (TPSA) is 92.7 Å². The number of amides is 1. The van der Waals surface area contributed by atoms with Crippen LogP contribution in [-0.2, 0) is 13.5 Å². The highest BCUT2D eigenvalue weighted by molar-refractivity contribution is 5.94. The fourth-order valence-electron chi connectivity index (χ4n) is 3.29. The highest BCUT2D eigenvalue weighted by Gasteiger charge is 2.28. The Labute approximate surface area is 140 Å². The van der Waals surface area contributed by atoms with E-state index in [-0.39, 0.29) is 23.6 Å². The maximum absolute atomic E-state index is 12.5. The number of nitrogens with zero attached hydrogens (tertiary/aromatic N) is 3. The van der Waals surface area contributed by atoms with Crippen molar-refractivity contribution < 1.29 is 4.79 Å². The fourth-order valence-corrected chi connectivity index (χ4v) is 3.29. The lowest BCUT2D eigenvalue weighted by atomic mass is 9.82. The van der Waals surface area contributed by atoms with Crippen LogP contribution in [0.3, 0.4) is 0 Å². The van der Waals surface area contributed by atoms with Crippen molar-refractivity contribution >= 4 is 5.91 Å². The monoisotopic (exact) mass is 329 g/mol. The lowest BCUT2D eigenvalue weighted by Gasteiger charge is -2.32. The van der Waals surface area contributed by atoms with Crippen LogP contribution in [0.15, 0.2) is 23.1 Å². The number of rotatable bonds is 4. The van der Waals surface area contributed by atoms with Gasteiger partial charge < -0.3 is 5.32 Å². The van der Waals surface area contributed by atoms with Crippen molar-refractivity contribution in [3.05, 3.63) is 45.9 Å². The van der Waals surface area contributed by atoms with E-state index < -0.39 is 0 Å². The van der Waals surface area contributed by atoms with Crippen molar-refractivity contribution in [2.24, 2.45) is 13.0 Å². The number of carbonyl (C=O) groups excluding carboxylic acids is 1. The van der Waals surface area contributed by atoms with Crippen LogP contribution in [0, 0.1) is 12.8 Å². The number of H-pyrrole nitrogens is 1. The minimum atomic E-state index is -0.202. The third kappa shape index (κ3) is 3.55. The van der Waals surface area contributed by atoms with Crippen molar-refractivity contribution in [1.29, 1.82) is 0 Å². The molecule has 7 heteroatoms. The zero-order valence-electron chi connectivity index (χ0n) is 14.1. The Bertz CT molecular complexity index is 762. The van der Waals surface area contributed by atoms with Gasteiger partial charge in [0.15, 0.2) is 0 Å². The highest BCUT2D eigenvalue weighted by atomic mass is 16.2. The van der Waals surface area contributed by atoms with Crippen LogP contribution in [0.25, 0.3) is 0 Å². The molecule has 0 aliphatic heterocycles. The number of hydrogen-bond acceptors (Lipinski definition) is 4. The third-order valence-electron chi connectivity index (χ3n) is 4.82. The summed E-state index contributed by atoms with van der Waals surface area (Å²) < 4.78 is 1.54. The van der Waals surface area contributed by atoms with E-state index in [1.54, 1.807) is 19.3 Å².